The molecule has 1 aliphatic heterocycles. The molecule has 2 atom stereocenters. The highest BCUT2D eigenvalue weighted by atomic mass is 127. The van der Waals surface area contributed by atoms with Gasteiger partial charge in [-0.1, -0.05) is 11.6 Å². The molecule has 0 saturated carbocycles. The lowest BCUT2D eigenvalue weighted by atomic mass is 10.1. The summed E-state index contributed by atoms with van der Waals surface area (Å²) in [4.78, 5) is 13.6. The molecule has 1 aromatic carbocycles. The first-order valence-corrected chi connectivity index (χ1v) is 6.89. The zero-order valence-corrected chi connectivity index (χ0v) is 12.0. The van der Waals surface area contributed by atoms with Gasteiger partial charge in [0.15, 0.2) is 11.3 Å². The molecule has 16 heavy (non-hydrogen) atoms. The van der Waals surface area contributed by atoms with Gasteiger partial charge in [0.05, 0.1) is 5.38 Å². The monoisotopic (exact) mass is 369 g/mol. The predicted molar refractivity (Wildman–Crippen MR) is 75.4 cm³/mol. The van der Waals surface area contributed by atoms with Crippen LogP contribution in [0.5, 0.6) is 0 Å². The molecule has 1 fully saturated rings. The van der Waals surface area contributed by atoms with Crippen LogP contribution in [-0.2, 0) is 4.79 Å². The molecule has 0 aromatic heterocycles. The van der Waals surface area contributed by atoms with Crippen LogP contribution in [0.2, 0.25) is 0 Å². The summed E-state index contributed by atoms with van der Waals surface area (Å²) in [5.74, 6) is -0.104. The Morgan fingerprint density at radius 2 is 1.88 bits per heavy atom. The Morgan fingerprint density at radius 1 is 1.25 bits per heavy atom. The molecule has 1 aliphatic rings. The Balaban J connectivity index is 2.21. The highest BCUT2D eigenvalue weighted by Gasteiger charge is 2.34. The molecule has 0 spiro atoms. The third-order valence-electron chi connectivity index (χ3n) is 2.60. The SMILES string of the molecule is O=C1C(Cl)CCN(c2ccc(I)cc2)C1Cl. The molecule has 2 nitrogen and oxygen atoms in total. The normalized spacial score (nSPS) is 25.9. The summed E-state index contributed by atoms with van der Waals surface area (Å²) in [5, 5.41) is -0.442. The van der Waals surface area contributed by atoms with Crippen molar-refractivity contribution in [1.82, 2.24) is 0 Å². The van der Waals surface area contributed by atoms with Crippen LogP contribution >= 0.6 is 45.8 Å². The lowest BCUT2D eigenvalue weighted by Crippen LogP contribution is -2.47. The highest BCUT2D eigenvalue weighted by molar-refractivity contribution is 14.1. The van der Waals surface area contributed by atoms with Gasteiger partial charge < -0.3 is 4.90 Å². The summed E-state index contributed by atoms with van der Waals surface area (Å²) in [5.41, 5.74) is 0.327. The van der Waals surface area contributed by atoms with Crippen LogP contribution in [0, 0.1) is 3.57 Å². The number of hydrogen-bond acceptors (Lipinski definition) is 2. The summed E-state index contributed by atoms with van der Waals surface area (Å²) < 4.78 is 1.16. The number of Topliss-reactive ketones (excluding diaryl/α,β-unsaturated/α-hetero) is 1. The second kappa shape index (κ2) is 5.10. The van der Waals surface area contributed by atoms with Crippen LogP contribution < -0.4 is 4.90 Å². The summed E-state index contributed by atoms with van der Waals surface area (Å²) in [6.45, 7) is 0.717. The van der Waals surface area contributed by atoms with E-state index in [1.807, 2.05) is 29.2 Å². The number of halogens is 3. The number of nitrogens with zero attached hydrogens (tertiary/aromatic N) is 1. The van der Waals surface area contributed by atoms with Crippen LogP contribution in [0.1, 0.15) is 6.42 Å². The summed E-state index contributed by atoms with van der Waals surface area (Å²) >= 11 is 14.2. The molecule has 2 rings (SSSR count). The second-order valence-corrected chi connectivity index (χ2v) is 5.85. The molecule has 0 bridgehead atoms. The summed E-state index contributed by atoms with van der Waals surface area (Å²) in [7, 11) is 0. The molecule has 0 aliphatic carbocycles. The first-order valence-electron chi connectivity index (χ1n) is 4.93. The van der Waals surface area contributed by atoms with Crippen LogP contribution in [-0.4, -0.2) is 23.2 Å². The number of carbonyl (C=O) groups is 1. The summed E-state index contributed by atoms with van der Waals surface area (Å²) in [6.07, 6.45) is 0.648. The van der Waals surface area contributed by atoms with E-state index in [9.17, 15) is 4.79 Å². The Labute approximate surface area is 118 Å². The highest BCUT2D eigenvalue weighted by Crippen LogP contribution is 2.27. The topological polar surface area (TPSA) is 20.3 Å². The molecule has 1 aromatic rings. The van der Waals surface area contributed by atoms with E-state index in [1.54, 1.807) is 0 Å². The Kier molecular flexibility index (Phi) is 3.97. The number of anilines is 1. The van der Waals surface area contributed by atoms with Crippen molar-refractivity contribution in [3.05, 3.63) is 27.8 Å². The fourth-order valence-corrected chi connectivity index (χ4v) is 2.71. The number of rotatable bonds is 1. The zero-order chi connectivity index (χ0) is 11.7. The fourth-order valence-electron chi connectivity index (χ4n) is 1.70. The minimum atomic E-state index is -0.642. The third kappa shape index (κ3) is 2.46. The number of hydrogen-bond donors (Lipinski definition) is 0. The number of ketones is 1. The molecule has 86 valence electrons. The number of carbonyl (C=O) groups excluding carboxylic acids is 1. The molecular formula is C11H10Cl2INO. The maximum Gasteiger partial charge on any atom is 0.188 e. The lowest BCUT2D eigenvalue weighted by molar-refractivity contribution is -0.119. The predicted octanol–water partition coefficient (Wildman–Crippen LogP) is 3.24. The molecule has 0 amide bonds. The number of benzene rings is 1. The van der Waals surface area contributed by atoms with Crippen molar-refractivity contribution in [3.8, 4) is 0 Å². The number of alkyl halides is 2. The molecule has 0 N–H and O–H groups in total. The fraction of sp³-hybridized carbons (Fsp3) is 0.364. The van der Waals surface area contributed by atoms with Gasteiger partial charge >= 0.3 is 0 Å². The van der Waals surface area contributed by atoms with Gasteiger partial charge in [-0.25, -0.2) is 0 Å². The van der Waals surface area contributed by atoms with Crippen molar-refractivity contribution in [2.75, 3.05) is 11.4 Å². The maximum absolute atomic E-state index is 11.7. The van der Waals surface area contributed by atoms with E-state index >= 15 is 0 Å². The van der Waals surface area contributed by atoms with E-state index < -0.39 is 10.9 Å². The van der Waals surface area contributed by atoms with Gasteiger partial charge in [0.2, 0.25) is 0 Å². The van der Waals surface area contributed by atoms with E-state index in [-0.39, 0.29) is 5.78 Å². The van der Waals surface area contributed by atoms with Crippen LogP contribution in [0.25, 0.3) is 0 Å². The van der Waals surface area contributed by atoms with Crippen LogP contribution in [0.3, 0.4) is 0 Å². The van der Waals surface area contributed by atoms with Gasteiger partial charge in [-0.05, 0) is 53.3 Å². The van der Waals surface area contributed by atoms with E-state index in [4.69, 9.17) is 23.2 Å². The van der Waals surface area contributed by atoms with E-state index in [0.717, 1.165) is 9.26 Å². The smallest absolute Gasteiger partial charge is 0.188 e. The Bertz CT molecular complexity index is 395. The molecule has 1 heterocycles. The number of piperidine rings is 1. The lowest BCUT2D eigenvalue weighted by Gasteiger charge is -2.34. The van der Waals surface area contributed by atoms with Gasteiger partial charge in [-0.15, -0.1) is 11.6 Å². The Morgan fingerprint density at radius 3 is 2.50 bits per heavy atom. The van der Waals surface area contributed by atoms with Gasteiger partial charge in [0.25, 0.3) is 0 Å². The van der Waals surface area contributed by atoms with Crippen molar-refractivity contribution in [2.24, 2.45) is 0 Å². The van der Waals surface area contributed by atoms with Crippen molar-refractivity contribution in [2.45, 2.75) is 17.3 Å². The van der Waals surface area contributed by atoms with Crippen molar-refractivity contribution < 1.29 is 4.79 Å². The van der Waals surface area contributed by atoms with E-state index in [0.29, 0.717) is 13.0 Å². The third-order valence-corrected chi connectivity index (χ3v) is 4.20. The second-order valence-electron chi connectivity index (χ2n) is 3.66. The standard InChI is InChI=1S/C11H10Cl2INO/c12-9-5-6-15(11(13)10(9)16)8-3-1-7(14)2-4-8/h1-4,9,11H,5-6H2. The van der Waals surface area contributed by atoms with Crippen LogP contribution in [0.15, 0.2) is 24.3 Å². The minimum absolute atomic E-state index is 0.104. The molecule has 0 radical (unpaired) electrons. The van der Waals surface area contributed by atoms with E-state index in [1.165, 1.54) is 0 Å². The molecule has 1 saturated heterocycles. The van der Waals surface area contributed by atoms with Crippen LogP contribution in [0.4, 0.5) is 5.69 Å². The van der Waals surface area contributed by atoms with Gasteiger partial charge in [-0.2, -0.15) is 0 Å². The quantitative estimate of drug-likeness (QED) is 0.430. The average Bonchev–Trinajstić information content (AvgIpc) is 2.28. The maximum atomic E-state index is 11.7. The average molecular weight is 370 g/mol. The molecule has 2 unspecified atom stereocenters. The first kappa shape index (κ1) is 12.5. The summed E-state index contributed by atoms with van der Waals surface area (Å²) in [6, 6.07) is 7.94. The first-order chi connectivity index (χ1) is 7.59. The minimum Gasteiger partial charge on any atom is -0.349 e. The van der Waals surface area contributed by atoms with Crippen molar-refractivity contribution in [3.63, 3.8) is 0 Å². The Hall–Kier alpha value is -0.0000000000000000555. The zero-order valence-electron chi connectivity index (χ0n) is 8.37. The largest absolute Gasteiger partial charge is 0.349 e. The molecular weight excluding hydrogens is 360 g/mol. The van der Waals surface area contributed by atoms with Gasteiger partial charge in [0.1, 0.15) is 0 Å². The van der Waals surface area contributed by atoms with Crippen molar-refractivity contribution >= 4 is 57.3 Å². The van der Waals surface area contributed by atoms with Gasteiger partial charge in [0, 0.05) is 15.8 Å². The van der Waals surface area contributed by atoms with Crippen molar-refractivity contribution in [1.29, 1.82) is 0 Å². The van der Waals surface area contributed by atoms with E-state index in [2.05, 4.69) is 22.6 Å². The molecule has 5 heteroatoms. The van der Waals surface area contributed by atoms with Gasteiger partial charge in [-0.3, -0.25) is 4.79 Å².